The van der Waals surface area contributed by atoms with E-state index < -0.39 is 37.3 Å². The summed E-state index contributed by atoms with van der Waals surface area (Å²) in [7, 11) is 0. The maximum atomic E-state index is 10.5. The summed E-state index contributed by atoms with van der Waals surface area (Å²) in [6.07, 6.45) is -4.35. The molecule has 1 aliphatic rings. The van der Waals surface area contributed by atoms with Crippen molar-refractivity contribution in [3.05, 3.63) is 70.6 Å². The van der Waals surface area contributed by atoms with Crippen molar-refractivity contribution in [2.45, 2.75) is 37.2 Å². The van der Waals surface area contributed by atoms with E-state index in [1.54, 1.807) is 0 Å². The molecule has 160 valence electrons. The van der Waals surface area contributed by atoms with Gasteiger partial charge in [0.25, 0.3) is 0 Å². The fourth-order valence-corrected chi connectivity index (χ4v) is 3.38. The van der Waals surface area contributed by atoms with Gasteiger partial charge in [-0.15, -0.1) is 0 Å². The second-order valence-corrected chi connectivity index (χ2v) is 7.00. The number of nitrogens with zero attached hydrogens (tertiary/aromatic N) is 3. The van der Waals surface area contributed by atoms with Gasteiger partial charge in [0.05, 0.1) is 19.3 Å². The minimum atomic E-state index is -1.26. The van der Waals surface area contributed by atoms with Gasteiger partial charge in [-0.1, -0.05) is 59.7 Å². The zero-order valence-corrected chi connectivity index (χ0v) is 16.4. The molecule has 1 saturated heterocycles. The lowest BCUT2D eigenvalue weighted by molar-refractivity contribution is -0.270. The molecule has 9 heteroatoms. The molecule has 30 heavy (non-hydrogen) atoms. The van der Waals surface area contributed by atoms with Gasteiger partial charge in [0.2, 0.25) is 0 Å². The number of aliphatic hydroxyl groups excluding tert-OH is 3. The number of aliphatic hydroxyl groups is 3. The van der Waals surface area contributed by atoms with Crippen molar-refractivity contribution in [1.82, 2.24) is 5.32 Å². The number of azide groups is 1. The summed E-state index contributed by atoms with van der Waals surface area (Å²) >= 11 is 0. The van der Waals surface area contributed by atoms with Gasteiger partial charge in [-0.25, -0.2) is 0 Å². The quantitative estimate of drug-likeness (QED) is 0.213. The summed E-state index contributed by atoms with van der Waals surface area (Å²) in [5, 5.41) is 36.7. The van der Waals surface area contributed by atoms with Crippen LogP contribution in [0.2, 0.25) is 0 Å². The first-order valence-corrected chi connectivity index (χ1v) is 9.76. The molecule has 0 amide bonds. The SMILES string of the molecule is [N-]=[N+]=NCCO[C@@H]1O[C@H](CO)[C@@H](O)[C@H](O)[C@H]1NCc1ccc(-c2ccccc2)cc1. The van der Waals surface area contributed by atoms with Crippen LogP contribution in [0.5, 0.6) is 0 Å². The average molecular weight is 414 g/mol. The molecule has 9 nitrogen and oxygen atoms in total. The van der Waals surface area contributed by atoms with Crippen molar-refractivity contribution < 1.29 is 24.8 Å². The lowest BCUT2D eigenvalue weighted by atomic mass is 9.96. The van der Waals surface area contributed by atoms with Crippen LogP contribution in [-0.2, 0) is 16.0 Å². The molecule has 0 saturated carbocycles. The van der Waals surface area contributed by atoms with E-state index in [1.807, 2.05) is 54.6 Å². The molecule has 0 unspecified atom stereocenters. The Morgan fingerprint density at radius 2 is 1.73 bits per heavy atom. The minimum Gasteiger partial charge on any atom is -0.394 e. The van der Waals surface area contributed by atoms with Crippen LogP contribution in [0, 0.1) is 0 Å². The van der Waals surface area contributed by atoms with Gasteiger partial charge in [0, 0.05) is 18.0 Å². The van der Waals surface area contributed by atoms with Crippen LogP contribution >= 0.6 is 0 Å². The van der Waals surface area contributed by atoms with Crippen LogP contribution in [0.15, 0.2) is 59.7 Å². The van der Waals surface area contributed by atoms with Gasteiger partial charge in [-0.05, 0) is 22.2 Å². The Kier molecular flexibility index (Phi) is 8.18. The van der Waals surface area contributed by atoms with Crippen LogP contribution in [0.1, 0.15) is 5.56 Å². The van der Waals surface area contributed by atoms with E-state index in [9.17, 15) is 15.3 Å². The normalized spacial score (nSPS) is 26.2. The standard InChI is InChI=1S/C21H26N4O5/c22-25-24-10-11-29-21-18(20(28)19(27)17(13-26)30-21)23-12-14-6-8-16(9-7-14)15-4-2-1-3-5-15/h1-9,17-21,23,26-28H,10-13H2/t17-,18-,19-,20-,21-/m1/s1. The summed E-state index contributed by atoms with van der Waals surface area (Å²) in [5.41, 5.74) is 11.6. The third-order valence-electron chi connectivity index (χ3n) is 5.02. The predicted molar refractivity (Wildman–Crippen MR) is 110 cm³/mol. The summed E-state index contributed by atoms with van der Waals surface area (Å²) in [4.78, 5) is 2.66. The highest BCUT2D eigenvalue weighted by Gasteiger charge is 2.44. The Morgan fingerprint density at radius 1 is 1.03 bits per heavy atom. The zero-order chi connectivity index (χ0) is 21.3. The van der Waals surface area contributed by atoms with Crippen LogP contribution in [0.3, 0.4) is 0 Å². The Morgan fingerprint density at radius 3 is 2.40 bits per heavy atom. The molecule has 1 heterocycles. The first-order valence-electron chi connectivity index (χ1n) is 9.76. The van der Waals surface area contributed by atoms with E-state index in [-0.39, 0.29) is 13.2 Å². The molecule has 1 fully saturated rings. The van der Waals surface area contributed by atoms with Gasteiger partial charge in [-0.2, -0.15) is 0 Å². The van der Waals surface area contributed by atoms with Crippen molar-refractivity contribution in [2.24, 2.45) is 5.11 Å². The first kappa shape index (κ1) is 22.2. The number of hydrogen-bond acceptors (Lipinski definition) is 7. The molecule has 1 aliphatic heterocycles. The number of benzene rings is 2. The second kappa shape index (κ2) is 11.1. The third kappa shape index (κ3) is 5.56. The molecular weight excluding hydrogens is 388 g/mol. The number of rotatable bonds is 9. The zero-order valence-electron chi connectivity index (χ0n) is 16.4. The van der Waals surface area contributed by atoms with Gasteiger partial charge in [0.15, 0.2) is 6.29 Å². The summed E-state index contributed by atoms with van der Waals surface area (Å²) < 4.78 is 11.2. The smallest absolute Gasteiger partial charge is 0.175 e. The first-order chi connectivity index (χ1) is 14.6. The maximum Gasteiger partial charge on any atom is 0.175 e. The summed E-state index contributed by atoms with van der Waals surface area (Å²) in [5.74, 6) is 0. The largest absolute Gasteiger partial charge is 0.394 e. The molecule has 0 radical (unpaired) electrons. The van der Waals surface area contributed by atoms with E-state index >= 15 is 0 Å². The van der Waals surface area contributed by atoms with Crippen LogP contribution in [0.25, 0.3) is 21.6 Å². The van der Waals surface area contributed by atoms with E-state index in [0.717, 1.165) is 16.7 Å². The molecule has 0 spiro atoms. The Bertz CT molecular complexity index is 829. The van der Waals surface area contributed by atoms with E-state index in [4.69, 9.17) is 15.0 Å². The van der Waals surface area contributed by atoms with Crippen molar-refractivity contribution in [3.8, 4) is 11.1 Å². The van der Waals surface area contributed by atoms with Gasteiger partial charge >= 0.3 is 0 Å². The molecule has 5 atom stereocenters. The maximum absolute atomic E-state index is 10.5. The number of nitrogens with one attached hydrogen (secondary N) is 1. The second-order valence-electron chi connectivity index (χ2n) is 7.00. The highest BCUT2D eigenvalue weighted by Crippen LogP contribution is 2.23. The predicted octanol–water partition coefficient (Wildman–Crippen LogP) is 1.58. The van der Waals surface area contributed by atoms with Gasteiger partial charge < -0.3 is 30.1 Å². The fraction of sp³-hybridized carbons (Fsp3) is 0.429. The lowest BCUT2D eigenvalue weighted by Gasteiger charge is -2.42. The molecular formula is C21H26N4O5. The van der Waals surface area contributed by atoms with Crippen molar-refractivity contribution >= 4 is 0 Å². The van der Waals surface area contributed by atoms with Gasteiger partial charge in [0.1, 0.15) is 18.3 Å². The Balaban J connectivity index is 1.64. The molecule has 4 N–H and O–H groups in total. The topological polar surface area (TPSA) is 140 Å². The monoisotopic (exact) mass is 414 g/mol. The Labute approximate surface area is 174 Å². The van der Waals surface area contributed by atoms with Crippen LogP contribution in [-0.4, -0.2) is 65.7 Å². The van der Waals surface area contributed by atoms with Crippen molar-refractivity contribution in [2.75, 3.05) is 19.8 Å². The average Bonchev–Trinajstić information content (AvgIpc) is 2.79. The van der Waals surface area contributed by atoms with Crippen molar-refractivity contribution in [1.29, 1.82) is 0 Å². The van der Waals surface area contributed by atoms with Crippen LogP contribution < -0.4 is 5.32 Å². The Hall–Kier alpha value is -2.49. The minimum absolute atomic E-state index is 0.0830. The summed E-state index contributed by atoms with van der Waals surface area (Å²) in [6, 6.07) is 17.3. The highest BCUT2D eigenvalue weighted by atomic mass is 16.7. The molecule has 0 aromatic heterocycles. The summed E-state index contributed by atoms with van der Waals surface area (Å²) in [6.45, 7) is 0.140. The fourth-order valence-electron chi connectivity index (χ4n) is 3.38. The molecule has 0 bridgehead atoms. The molecule has 3 rings (SSSR count). The van der Waals surface area contributed by atoms with Crippen molar-refractivity contribution in [3.63, 3.8) is 0 Å². The molecule has 0 aliphatic carbocycles. The molecule has 2 aromatic carbocycles. The molecule has 2 aromatic rings. The highest BCUT2D eigenvalue weighted by molar-refractivity contribution is 5.63. The van der Waals surface area contributed by atoms with Crippen LogP contribution in [0.4, 0.5) is 0 Å². The number of hydrogen-bond donors (Lipinski definition) is 4. The van der Waals surface area contributed by atoms with Gasteiger partial charge in [-0.3, -0.25) is 0 Å². The van der Waals surface area contributed by atoms with E-state index in [0.29, 0.717) is 6.54 Å². The lowest BCUT2D eigenvalue weighted by Crippen LogP contribution is -2.63. The van der Waals surface area contributed by atoms with E-state index in [1.165, 1.54) is 0 Å². The number of ether oxygens (including phenoxy) is 2. The third-order valence-corrected chi connectivity index (χ3v) is 5.02. The van der Waals surface area contributed by atoms with E-state index in [2.05, 4.69) is 15.3 Å².